The van der Waals surface area contributed by atoms with E-state index in [4.69, 9.17) is 0 Å². The summed E-state index contributed by atoms with van der Waals surface area (Å²) in [5.74, 6) is 1.93. The first-order valence-electron chi connectivity index (χ1n) is 5.99. The summed E-state index contributed by atoms with van der Waals surface area (Å²) in [5, 5.41) is 3.59. The van der Waals surface area contributed by atoms with Crippen molar-refractivity contribution in [1.82, 2.24) is 5.32 Å². The van der Waals surface area contributed by atoms with Crippen LogP contribution in [0.5, 0.6) is 0 Å². The molecule has 0 amide bonds. The lowest BCUT2D eigenvalue weighted by Crippen LogP contribution is -2.30. The second kappa shape index (κ2) is 4.80. The van der Waals surface area contributed by atoms with Gasteiger partial charge < -0.3 is 5.32 Å². The smallest absolute Gasteiger partial charge is 0.0108 e. The fourth-order valence-electron chi connectivity index (χ4n) is 2.02. The minimum absolute atomic E-state index is 0.380. The van der Waals surface area contributed by atoms with Gasteiger partial charge in [0.25, 0.3) is 0 Å². The van der Waals surface area contributed by atoms with E-state index >= 15 is 0 Å². The zero-order valence-corrected chi connectivity index (χ0v) is 11.2. The molecule has 2 rings (SSSR count). The second-order valence-electron chi connectivity index (χ2n) is 5.74. The fraction of sp³-hybridized carbons (Fsp3) is 0.571. The molecule has 88 valence electrons. The van der Waals surface area contributed by atoms with E-state index in [1.807, 2.05) is 11.8 Å². The van der Waals surface area contributed by atoms with E-state index in [0.717, 1.165) is 13.1 Å². The Morgan fingerprint density at radius 1 is 1.31 bits per heavy atom. The van der Waals surface area contributed by atoms with Gasteiger partial charge in [0.2, 0.25) is 0 Å². The van der Waals surface area contributed by atoms with Gasteiger partial charge in [-0.2, -0.15) is 0 Å². The predicted molar refractivity (Wildman–Crippen MR) is 72.2 cm³/mol. The van der Waals surface area contributed by atoms with E-state index in [-0.39, 0.29) is 0 Å². The number of benzene rings is 1. The Kier molecular flexibility index (Phi) is 3.60. The Morgan fingerprint density at radius 2 is 2.06 bits per heavy atom. The number of thioether (sulfide) groups is 1. The fourth-order valence-corrected chi connectivity index (χ4v) is 3.27. The van der Waals surface area contributed by atoms with Crippen molar-refractivity contribution in [1.29, 1.82) is 0 Å². The summed E-state index contributed by atoms with van der Waals surface area (Å²) in [6.07, 6.45) is 0. The first kappa shape index (κ1) is 12.0. The molecular weight excluding hydrogens is 214 g/mol. The molecule has 0 radical (unpaired) electrons. The summed E-state index contributed by atoms with van der Waals surface area (Å²) in [4.78, 5) is 1.48. The van der Waals surface area contributed by atoms with Gasteiger partial charge in [-0.3, -0.25) is 0 Å². The summed E-state index contributed by atoms with van der Waals surface area (Å²) in [5.41, 5.74) is 1.92. The van der Waals surface area contributed by atoms with E-state index in [1.165, 1.54) is 16.2 Å². The summed E-state index contributed by atoms with van der Waals surface area (Å²) in [6, 6.07) is 8.81. The lowest BCUT2D eigenvalue weighted by molar-refractivity contribution is 0.376. The van der Waals surface area contributed by atoms with Crippen LogP contribution in [-0.4, -0.2) is 18.8 Å². The molecule has 0 saturated carbocycles. The molecule has 1 heterocycles. The largest absolute Gasteiger partial charge is 0.316 e. The van der Waals surface area contributed by atoms with Crippen LogP contribution < -0.4 is 5.32 Å². The standard InChI is InChI=1S/C14H21NS/c1-14(2,3)10-15-8-11-9-16-13-7-5-4-6-12(11)13/h4-7,11,15H,8-10H2,1-3H3. The van der Waals surface area contributed by atoms with E-state index in [0.29, 0.717) is 11.3 Å². The lowest BCUT2D eigenvalue weighted by Gasteiger charge is -2.20. The molecule has 0 bridgehead atoms. The van der Waals surface area contributed by atoms with Gasteiger partial charge in [0.1, 0.15) is 0 Å². The van der Waals surface area contributed by atoms with Gasteiger partial charge in [-0.05, 0) is 17.0 Å². The summed E-state index contributed by atoms with van der Waals surface area (Å²) in [6.45, 7) is 9.03. The Balaban J connectivity index is 1.89. The SMILES string of the molecule is CC(C)(C)CNCC1CSc2ccccc21. The third kappa shape index (κ3) is 3.02. The Labute approximate surface area is 103 Å². The van der Waals surface area contributed by atoms with Crippen LogP contribution in [0.4, 0.5) is 0 Å². The minimum Gasteiger partial charge on any atom is -0.316 e. The zero-order chi connectivity index (χ0) is 11.6. The van der Waals surface area contributed by atoms with Gasteiger partial charge in [-0.15, -0.1) is 11.8 Å². The third-order valence-corrected chi connectivity index (χ3v) is 4.10. The molecule has 2 heteroatoms. The van der Waals surface area contributed by atoms with Crippen LogP contribution in [0.25, 0.3) is 0 Å². The average molecular weight is 235 g/mol. The number of fused-ring (bicyclic) bond motifs is 1. The van der Waals surface area contributed by atoms with Crippen molar-refractivity contribution in [2.24, 2.45) is 5.41 Å². The van der Waals surface area contributed by atoms with Crippen LogP contribution in [0.3, 0.4) is 0 Å². The van der Waals surface area contributed by atoms with Crippen molar-refractivity contribution in [3.63, 3.8) is 0 Å². The molecule has 16 heavy (non-hydrogen) atoms. The van der Waals surface area contributed by atoms with Gasteiger partial charge >= 0.3 is 0 Å². The maximum atomic E-state index is 3.59. The number of rotatable bonds is 3. The molecule has 1 unspecified atom stereocenters. The molecule has 1 aliphatic heterocycles. The number of hydrogen-bond acceptors (Lipinski definition) is 2. The van der Waals surface area contributed by atoms with Gasteiger partial charge in [0, 0.05) is 29.7 Å². The second-order valence-corrected chi connectivity index (χ2v) is 6.80. The normalized spacial score (nSPS) is 19.8. The Morgan fingerprint density at radius 3 is 2.81 bits per heavy atom. The maximum absolute atomic E-state index is 3.59. The highest BCUT2D eigenvalue weighted by Gasteiger charge is 2.22. The van der Waals surface area contributed by atoms with Crippen molar-refractivity contribution in [2.45, 2.75) is 31.6 Å². The monoisotopic (exact) mass is 235 g/mol. The van der Waals surface area contributed by atoms with E-state index in [2.05, 4.69) is 50.4 Å². The molecule has 1 aliphatic rings. The van der Waals surface area contributed by atoms with Crippen LogP contribution >= 0.6 is 11.8 Å². The topological polar surface area (TPSA) is 12.0 Å². The third-order valence-electron chi connectivity index (χ3n) is 2.84. The van der Waals surface area contributed by atoms with Crippen LogP contribution in [-0.2, 0) is 0 Å². The van der Waals surface area contributed by atoms with E-state index in [1.54, 1.807) is 0 Å². The van der Waals surface area contributed by atoms with Crippen molar-refractivity contribution in [2.75, 3.05) is 18.8 Å². The van der Waals surface area contributed by atoms with Crippen molar-refractivity contribution in [3.05, 3.63) is 29.8 Å². The first-order chi connectivity index (χ1) is 7.56. The summed E-state index contributed by atoms with van der Waals surface area (Å²) in [7, 11) is 0. The molecule has 0 aliphatic carbocycles. The number of nitrogens with one attached hydrogen (secondary N) is 1. The maximum Gasteiger partial charge on any atom is 0.0108 e. The molecule has 1 aromatic rings. The molecule has 1 atom stereocenters. The Bertz CT molecular complexity index is 354. The van der Waals surface area contributed by atoms with Crippen LogP contribution in [0.15, 0.2) is 29.2 Å². The van der Waals surface area contributed by atoms with Gasteiger partial charge in [-0.25, -0.2) is 0 Å². The summed E-state index contributed by atoms with van der Waals surface area (Å²) >= 11 is 1.99. The Hall–Kier alpha value is -0.470. The minimum atomic E-state index is 0.380. The van der Waals surface area contributed by atoms with Crippen molar-refractivity contribution < 1.29 is 0 Å². The molecule has 0 aromatic heterocycles. The zero-order valence-electron chi connectivity index (χ0n) is 10.4. The highest BCUT2D eigenvalue weighted by atomic mass is 32.2. The lowest BCUT2D eigenvalue weighted by atomic mass is 9.96. The van der Waals surface area contributed by atoms with Crippen molar-refractivity contribution >= 4 is 11.8 Å². The average Bonchev–Trinajstić information content (AvgIpc) is 2.60. The molecular formula is C14H21NS. The molecule has 1 nitrogen and oxygen atoms in total. The molecule has 0 spiro atoms. The molecule has 0 fully saturated rings. The van der Waals surface area contributed by atoms with Crippen LogP contribution in [0, 0.1) is 5.41 Å². The number of hydrogen-bond donors (Lipinski definition) is 1. The summed E-state index contributed by atoms with van der Waals surface area (Å²) < 4.78 is 0. The molecule has 0 saturated heterocycles. The highest BCUT2D eigenvalue weighted by Crippen LogP contribution is 2.38. The van der Waals surface area contributed by atoms with Crippen LogP contribution in [0.1, 0.15) is 32.3 Å². The van der Waals surface area contributed by atoms with Gasteiger partial charge in [0.15, 0.2) is 0 Å². The van der Waals surface area contributed by atoms with E-state index in [9.17, 15) is 0 Å². The van der Waals surface area contributed by atoms with Crippen molar-refractivity contribution in [3.8, 4) is 0 Å². The van der Waals surface area contributed by atoms with Gasteiger partial charge in [-0.1, -0.05) is 39.0 Å². The predicted octanol–water partition coefficient (Wildman–Crippen LogP) is 3.51. The molecule has 1 aromatic carbocycles. The van der Waals surface area contributed by atoms with Crippen LogP contribution in [0.2, 0.25) is 0 Å². The van der Waals surface area contributed by atoms with E-state index < -0.39 is 0 Å². The quantitative estimate of drug-likeness (QED) is 0.860. The highest BCUT2D eigenvalue weighted by molar-refractivity contribution is 7.99. The molecule has 1 N–H and O–H groups in total. The first-order valence-corrected chi connectivity index (χ1v) is 6.97. The van der Waals surface area contributed by atoms with Gasteiger partial charge in [0.05, 0.1) is 0 Å².